The van der Waals surface area contributed by atoms with E-state index in [2.05, 4.69) is 33.8 Å². The van der Waals surface area contributed by atoms with Crippen molar-refractivity contribution in [1.29, 1.82) is 5.26 Å². The van der Waals surface area contributed by atoms with E-state index in [1.54, 1.807) is 4.68 Å². The molecule has 0 spiro atoms. The minimum absolute atomic E-state index is 0.409. The molecule has 1 aromatic heterocycles. The van der Waals surface area contributed by atoms with Crippen LogP contribution in [0.15, 0.2) is 24.3 Å². The fourth-order valence-electron chi connectivity index (χ4n) is 2.82. The van der Waals surface area contributed by atoms with E-state index in [0.29, 0.717) is 17.3 Å². The maximum absolute atomic E-state index is 9.38. The lowest BCUT2D eigenvalue weighted by Gasteiger charge is -2.05. The lowest BCUT2D eigenvalue weighted by molar-refractivity contribution is 0.679. The van der Waals surface area contributed by atoms with Gasteiger partial charge < -0.3 is 5.73 Å². The third-order valence-corrected chi connectivity index (χ3v) is 4.59. The molecule has 1 aliphatic rings. The number of halogens is 1. The second kappa shape index (κ2) is 5.44. The third kappa shape index (κ3) is 2.29. The maximum atomic E-state index is 9.38. The number of benzene rings is 1. The van der Waals surface area contributed by atoms with Crippen molar-refractivity contribution in [2.45, 2.75) is 31.6 Å². The van der Waals surface area contributed by atoms with E-state index in [1.807, 2.05) is 24.3 Å². The summed E-state index contributed by atoms with van der Waals surface area (Å²) in [5, 5.41) is 14.0. The van der Waals surface area contributed by atoms with Gasteiger partial charge in [-0.3, -0.25) is 0 Å². The number of hydrogen-bond acceptors (Lipinski definition) is 3. The van der Waals surface area contributed by atoms with Crippen LogP contribution in [0.1, 0.15) is 43.0 Å². The van der Waals surface area contributed by atoms with Crippen molar-refractivity contribution < 1.29 is 0 Å². The molecule has 0 radical (unpaired) electrons. The minimum atomic E-state index is 0.409. The minimum Gasteiger partial charge on any atom is -0.395 e. The molecule has 4 nitrogen and oxygen atoms in total. The predicted molar refractivity (Wildman–Crippen MR) is 86.6 cm³/mol. The van der Waals surface area contributed by atoms with Gasteiger partial charge in [0.25, 0.3) is 0 Å². The summed E-state index contributed by atoms with van der Waals surface area (Å²) >= 11 is 2.26. The van der Waals surface area contributed by atoms with Crippen molar-refractivity contribution in [2.75, 3.05) is 5.73 Å². The van der Waals surface area contributed by atoms with Gasteiger partial charge in [0.2, 0.25) is 0 Å². The van der Waals surface area contributed by atoms with Crippen LogP contribution in [-0.4, -0.2) is 9.78 Å². The lowest BCUT2D eigenvalue weighted by Crippen LogP contribution is -2.01. The van der Waals surface area contributed by atoms with Gasteiger partial charge in [0.15, 0.2) is 5.69 Å². The van der Waals surface area contributed by atoms with E-state index in [4.69, 9.17) is 5.73 Å². The Morgan fingerprint density at radius 3 is 2.50 bits per heavy atom. The number of anilines is 1. The highest BCUT2D eigenvalue weighted by Gasteiger charge is 2.25. The highest BCUT2D eigenvalue weighted by Crippen LogP contribution is 2.37. The van der Waals surface area contributed by atoms with Gasteiger partial charge in [-0.2, -0.15) is 10.4 Å². The number of nitrogens with zero attached hydrogens (tertiary/aromatic N) is 3. The first-order chi connectivity index (χ1) is 9.70. The molecule has 1 saturated carbocycles. The summed E-state index contributed by atoms with van der Waals surface area (Å²) in [6.07, 6.45) is 4.70. The van der Waals surface area contributed by atoms with Crippen molar-refractivity contribution >= 4 is 28.3 Å². The number of aromatic nitrogens is 2. The van der Waals surface area contributed by atoms with Gasteiger partial charge in [0.05, 0.1) is 17.1 Å². The summed E-state index contributed by atoms with van der Waals surface area (Å²) in [4.78, 5) is 0. The van der Waals surface area contributed by atoms with Crippen LogP contribution in [-0.2, 0) is 0 Å². The van der Waals surface area contributed by atoms with E-state index in [0.717, 1.165) is 27.8 Å². The van der Waals surface area contributed by atoms with Crippen LogP contribution < -0.4 is 5.73 Å². The molecule has 0 saturated heterocycles. The van der Waals surface area contributed by atoms with Gasteiger partial charge in [-0.1, -0.05) is 12.8 Å². The fraction of sp³-hybridized carbons (Fsp3) is 0.333. The Bertz CT molecular complexity index is 660. The Kier molecular flexibility index (Phi) is 3.66. The number of nitriles is 1. The zero-order valence-corrected chi connectivity index (χ0v) is 13.2. The first-order valence-corrected chi connectivity index (χ1v) is 7.83. The quantitative estimate of drug-likeness (QED) is 0.813. The van der Waals surface area contributed by atoms with Crippen LogP contribution in [0.3, 0.4) is 0 Å². The van der Waals surface area contributed by atoms with Crippen LogP contribution in [0.4, 0.5) is 5.69 Å². The fourth-order valence-corrected chi connectivity index (χ4v) is 3.18. The molecular weight excluding hydrogens is 363 g/mol. The Labute approximate surface area is 131 Å². The summed E-state index contributed by atoms with van der Waals surface area (Å²) < 4.78 is 2.83. The number of hydrogen-bond donors (Lipinski definition) is 1. The Balaban J connectivity index is 2.09. The molecule has 0 aliphatic heterocycles. The Morgan fingerprint density at radius 1 is 1.25 bits per heavy atom. The van der Waals surface area contributed by atoms with Gasteiger partial charge >= 0.3 is 0 Å². The Hall–Kier alpha value is -1.55. The topological polar surface area (TPSA) is 67.6 Å². The second-order valence-electron chi connectivity index (χ2n) is 5.13. The average Bonchev–Trinajstić information content (AvgIpc) is 3.07. The summed E-state index contributed by atoms with van der Waals surface area (Å²) in [5.74, 6) is 0.409. The smallest absolute Gasteiger partial charge is 0.167 e. The molecule has 1 heterocycles. The molecule has 1 fully saturated rings. The maximum Gasteiger partial charge on any atom is 0.167 e. The molecule has 3 rings (SSSR count). The summed E-state index contributed by atoms with van der Waals surface area (Å²) in [6.45, 7) is 0. The van der Waals surface area contributed by atoms with E-state index < -0.39 is 0 Å². The molecule has 0 unspecified atom stereocenters. The zero-order chi connectivity index (χ0) is 14.1. The molecule has 0 bridgehead atoms. The molecule has 0 amide bonds. The van der Waals surface area contributed by atoms with Crippen molar-refractivity contribution in [3.63, 3.8) is 0 Å². The molecule has 102 valence electrons. The molecule has 5 heteroatoms. The monoisotopic (exact) mass is 378 g/mol. The van der Waals surface area contributed by atoms with Gasteiger partial charge in [-0.25, -0.2) is 4.68 Å². The van der Waals surface area contributed by atoms with E-state index in [1.165, 1.54) is 12.8 Å². The predicted octanol–water partition coefficient (Wildman–Crippen LogP) is 3.59. The van der Waals surface area contributed by atoms with Crippen LogP contribution in [0.2, 0.25) is 0 Å². The highest BCUT2D eigenvalue weighted by molar-refractivity contribution is 14.1. The van der Waals surface area contributed by atoms with Crippen LogP contribution in [0.5, 0.6) is 0 Å². The molecular formula is C15H15IN4. The van der Waals surface area contributed by atoms with Gasteiger partial charge in [0, 0.05) is 9.49 Å². The van der Waals surface area contributed by atoms with Crippen LogP contribution in [0, 0.1) is 14.9 Å². The van der Waals surface area contributed by atoms with Crippen molar-refractivity contribution in [3.05, 3.63) is 39.2 Å². The summed E-state index contributed by atoms with van der Waals surface area (Å²) in [5.41, 5.74) is 8.95. The van der Waals surface area contributed by atoms with Crippen LogP contribution in [0.25, 0.3) is 5.69 Å². The first-order valence-electron chi connectivity index (χ1n) is 6.75. The van der Waals surface area contributed by atoms with Gasteiger partial charge in [0.1, 0.15) is 6.07 Å². The lowest BCUT2D eigenvalue weighted by atomic mass is 10.0. The largest absolute Gasteiger partial charge is 0.395 e. The summed E-state index contributed by atoms with van der Waals surface area (Å²) in [6, 6.07) is 10.1. The normalized spacial score (nSPS) is 15.4. The first kappa shape index (κ1) is 13.4. The van der Waals surface area contributed by atoms with Crippen molar-refractivity contribution in [1.82, 2.24) is 9.78 Å². The van der Waals surface area contributed by atoms with Crippen LogP contribution >= 0.6 is 22.6 Å². The molecule has 2 aromatic rings. The zero-order valence-electron chi connectivity index (χ0n) is 11.0. The number of nitrogen functional groups attached to an aromatic ring is 1. The van der Waals surface area contributed by atoms with Crippen molar-refractivity contribution in [2.24, 2.45) is 0 Å². The average molecular weight is 378 g/mol. The SMILES string of the molecule is N#Cc1c(N)c(C2CCCC2)nn1-c1ccc(I)cc1. The molecule has 1 aromatic carbocycles. The Morgan fingerprint density at radius 2 is 1.90 bits per heavy atom. The van der Waals surface area contributed by atoms with E-state index in [-0.39, 0.29) is 0 Å². The molecule has 2 N–H and O–H groups in total. The third-order valence-electron chi connectivity index (χ3n) is 3.87. The van der Waals surface area contributed by atoms with E-state index >= 15 is 0 Å². The number of rotatable bonds is 2. The van der Waals surface area contributed by atoms with E-state index in [9.17, 15) is 5.26 Å². The van der Waals surface area contributed by atoms with Gasteiger partial charge in [-0.05, 0) is 59.7 Å². The number of nitrogens with two attached hydrogens (primary N) is 1. The molecule has 20 heavy (non-hydrogen) atoms. The molecule has 1 aliphatic carbocycles. The second-order valence-corrected chi connectivity index (χ2v) is 6.37. The summed E-state index contributed by atoms with van der Waals surface area (Å²) in [7, 11) is 0. The standard InChI is InChI=1S/C15H15IN4/c16-11-5-7-12(8-6-11)20-13(9-17)14(18)15(19-20)10-3-1-2-4-10/h5-8,10H,1-4,18H2. The van der Waals surface area contributed by atoms with Gasteiger partial charge in [-0.15, -0.1) is 0 Å². The van der Waals surface area contributed by atoms with Crippen molar-refractivity contribution in [3.8, 4) is 11.8 Å². The highest BCUT2D eigenvalue weighted by atomic mass is 127. The molecule has 0 atom stereocenters.